The Balaban J connectivity index is 2.32. The molecule has 2 unspecified atom stereocenters. The zero-order valence-electron chi connectivity index (χ0n) is 11.0. The average molecular weight is 240 g/mol. The molecule has 0 aliphatic carbocycles. The van der Waals surface area contributed by atoms with E-state index >= 15 is 0 Å². The van der Waals surface area contributed by atoms with Crippen LogP contribution < -0.4 is 0 Å². The van der Waals surface area contributed by atoms with Crippen molar-refractivity contribution in [3.05, 3.63) is 71.8 Å². The minimum Gasteiger partial charge on any atom is -0.388 e. The Bertz CT molecular complexity index is 461. The molecule has 0 aliphatic heterocycles. The summed E-state index contributed by atoms with van der Waals surface area (Å²) in [5, 5.41) is 10.6. The molecule has 2 atom stereocenters. The van der Waals surface area contributed by atoms with Gasteiger partial charge in [0, 0.05) is 5.92 Å². The van der Waals surface area contributed by atoms with Crippen molar-refractivity contribution < 1.29 is 5.11 Å². The fourth-order valence-corrected chi connectivity index (χ4v) is 2.46. The third-order valence-corrected chi connectivity index (χ3v) is 3.38. The molecule has 0 radical (unpaired) electrons. The van der Waals surface area contributed by atoms with Crippen LogP contribution in [0.2, 0.25) is 0 Å². The van der Waals surface area contributed by atoms with Gasteiger partial charge in [0.15, 0.2) is 0 Å². The minimum atomic E-state index is -0.450. The number of rotatable bonds is 4. The molecule has 0 spiro atoms. The molecule has 0 aliphatic rings. The van der Waals surface area contributed by atoms with Crippen LogP contribution in [0.25, 0.3) is 0 Å². The fraction of sp³-hybridized carbons (Fsp3) is 0.294. The van der Waals surface area contributed by atoms with Crippen molar-refractivity contribution in [3.63, 3.8) is 0 Å². The van der Waals surface area contributed by atoms with E-state index in [1.807, 2.05) is 48.5 Å². The molecular formula is C17H20O. The van der Waals surface area contributed by atoms with E-state index in [-0.39, 0.29) is 5.92 Å². The molecule has 1 N–H and O–H groups in total. The third-order valence-electron chi connectivity index (χ3n) is 3.38. The van der Waals surface area contributed by atoms with Crippen LogP contribution in [0.15, 0.2) is 60.7 Å². The van der Waals surface area contributed by atoms with Crippen molar-refractivity contribution in [2.24, 2.45) is 5.92 Å². The molecule has 2 rings (SSSR count). The lowest BCUT2D eigenvalue weighted by molar-refractivity contribution is 0.123. The third kappa shape index (κ3) is 2.80. The molecular weight excluding hydrogens is 220 g/mol. The lowest BCUT2D eigenvalue weighted by Gasteiger charge is -2.27. The Kier molecular flexibility index (Phi) is 4.16. The average Bonchev–Trinajstić information content (AvgIpc) is 2.40. The number of aliphatic hydroxyl groups excluding tert-OH is 1. The monoisotopic (exact) mass is 240 g/mol. The molecule has 0 saturated carbocycles. The van der Waals surface area contributed by atoms with Gasteiger partial charge in [-0.05, 0) is 17.0 Å². The number of aliphatic hydroxyl groups is 1. The Morgan fingerprint density at radius 1 is 0.722 bits per heavy atom. The van der Waals surface area contributed by atoms with Crippen molar-refractivity contribution in [3.8, 4) is 0 Å². The number of hydrogen-bond acceptors (Lipinski definition) is 1. The van der Waals surface area contributed by atoms with Crippen molar-refractivity contribution in [2.75, 3.05) is 0 Å². The van der Waals surface area contributed by atoms with Crippen LogP contribution in [-0.2, 0) is 0 Å². The first-order valence-electron chi connectivity index (χ1n) is 6.48. The highest BCUT2D eigenvalue weighted by Gasteiger charge is 2.25. The quantitative estimate of drug-likeness (QED) is 0.850. The van der Waals surface area contributed by atoms with Crippen LogP contribution in [0.3, 0.4) is 0 Å². The van der Waals surface area contributed by atoms with Gasteiger partial charge in [-0.3, -0.25) is 0 Å². The van der Waals surface area contributed by atoms with Gasteiger partial charge in [-0.2, -0.15) is 0 Å². The van der Waals surface area contributed by atoms with E-state index in [2.05, 4.69) is 26.0 Å². The maximum Gasteiger partial charge on any atom is 0.0860 e. The minimum absolute atomic E-state index is 0.133. The van der Waals surface area contributed by atoms with Gasteiger partial charge in [0.25, 0.3) is 0 Å². The highest BCUT2D eigenvalue weighted by Crippen LogP contribution is 2.36. The summed E-state index contributed by atoms with van der Waals surface area (Å²) in [5.41, 5.74) is 2.18. The van der Waals surface area contributed by atoms with E-state index in [0.29, 0.717) is 5.92 Å². The highest BCUT2D eigenvalue weighted by atomic mass is 16.3. The van der Waals surface area contributed by atoms with Crippen molar-refractivity contribution in [2.45, 2.75) is 25.9 Å². The van der Waals surface area contributed by atoms with E-state index < -0.39 is 6.10 Å². The van der Waals surface area contributed by atoms with Gasteiger partial charge in [0.2, 0.25) is 0 Å². The normalized spacial score (nSPS) is 14.4. The van der Waals surface area contributed by atoms with Crippen LogP contribution in [-0.4, -0.2) is 5.11 Å². The lowest BCUT2D eigenvalue weighted by atomic mass is 9.81. The van der Waals surface area contributed by atoms with Gasteiger partial charge >= 0.3 is 0 Å². The SMILES string of the molecule is CC(C)C(c1ccccc1)C(O)c1ccccc1. The molecule has 0 aromatic heterocycles. The second-order valence-corrected chi connectivity index (χ2v) is 5.04. The first-order valence-corrected chi connectivity index (χ1v) is 6.48. The molecule has 0 bridgehead atoms. The summed E-state index contributed by atoms with van der Waals surface area (Å²) in [6, 6.07) is 20.2. The van der Waals surface area contributed by atoms with Crippen molar-refractivity contribution in [1.82, 2.24) is 0 Å². The Hall–Kier alpha value is -1.60. The van der Waals surface area contributed by atoms with E-state index in [0.717, 1.165) is 5.56 Å². The predicted octanol–water partition coefficient (Wildman–Crippen LogP) is 4.16. The smallest absolute Gasteiger partial charge is 0.0860 e. The lowest BCUT2D eigenvalue weighted by Crippen LogP contribution is -2.16. The summed E-state index contributed by atoms with van der Waals surface area (Å²) < 4.78 is 0. The summed E-state index contributed by atoms with van der Waals surface area (Å²) in [4.78, 5) is 0. The van der Waals surface area contributed by atoms with Gasteiger partial charge in [0.1, 0.15) is 0 Å². The molecule has 18 heavy (non-hydrogen) atoms. The Labute approximate surface area is 109 Å². The molecule has 0 saturated heterocycles. The van der Waals surface area contributed by atoms with E-state index in [1.165, 1.54) is 5.56 Å². The van der Waals surface area contributed by atoms with Crippen molar-refractivity contribution >= 4 is 0 Å². The van der Waals surface area contributed by atoms with Crippen LogP contribution in [0.4, 0.5) is 0 Å². The highest BCUT2D eigenvalue weighted by molar-refractivity contribution is 5.27. The van der Waals surface area contributed by atoms with E-state index in [1.54, 1.807) is 0 Å². The predicted molar refractivity (Wildman–Crippen MR) is 75.4 cm³/mol. The fourth-order valence-electron chi connectivity index (χ4n) is 2.46. The zero-order chi connectivity index (χ0) is 13.0. The first-order chi connectivity index (χ1) is 8.70. The van der Waals surface area contributed by atoms with Crippen LogP contribution >= 0.6 is 0 Å². The van der Waals surface area contributed by atoms with Crippen molar-refractivity contribution in [1.29, 1.82) is 0 Å². The number of hydrogen-bond donors (Lipinski definition) is 1. The molecule has 0 amide bonds. The maximum atomic E-state index is 10.6. The van der Waals surface area contributed by atoms with Gasteiger partial charge in [-0.25, -0.2) is 0 Å². The zero-order valence-corrected chi connectivity index (χ0v) is 11.0. The molecule has 1 heteroatoms. The summed E-state index contributed by atoms with van der Waals surface area (Å²) in [6.07, 6.45) is -0.450. The Morgan fingerprint density at radius 3 is 1.61 bits per heavy atom. The molecule has 2 aromatic carbocycles. The Morgan fingerprint density at radius 2 is 1.17 bits per heavy atom. The molecule has 2 aromatic rings. The maximum absolute atomic E-state index is 10.6. The summed E-state index contributed by atoms with van der Waals surface area (Å²) in [6.45, 7) is 4.31. The van der Waals surface area contributed by atoms with E-state index in [4.69, 9.17) is 0 Å². The number of benzene rings is 2. The van der Waals surface area contributed by atoms with Gasteiger partial charge in [-0.1, -0.05) is 74.5 Å². The molecule has 0 fully saturated rings. The van der Waals surface area contributed by atoms with Gasteiger partial charge in [0.05, 0.1) is 6.10 Å². The van der Waals surface area contributed by atoms with Crippen LogP contribution in [0.5, 0.6) is 0 Å². The molecule has 94 valence electrons. The topological polar surface area (TPSA) is 20.2 Å². The van der Waals surface area contributed by atoms with Gasteiger partial charge in [-0.15, -0.1) is 0 Å². The van der Waals surface area contributed by atoms with E-state index in [9.17, 15) is 5.11 Å². The molecule has 0 heterocycles. The van der Waals surface area contributed by atoms with Gasteiger partial charge < -0.3 is 5.11 Å². The summed E-state index contributed by atoms with van der Waals surface area (Å²) in [5.74, 6) is 0.524. The molecule has 1 nitrogen and oxygen atoms in total. The first kappa shape index (κ1) is 12.8. The van der Waals surface area contributed by atoms with Crippen LogP contribution in [0, 0.1) is 5.92 Å². The summed E-state index contributed by atoms with van der Waals surface area (Å²) in [7, 11) is 0. The standard InChI is InChI=1S/C17H20O/c1-13(2)16(14-9-5-3-6-10-14)17(18)15-11-7-4-8-12-15/h3-13,16-18H,1-2H3. The van der Waals surface area contributed by atoms with Crippen LogP contribution in [0.1, 0.15) is 37.0 Å². The second kappa shape index (κ2) is 5.83. The second-order valence-electron chi connectivity index (χ2n) is 5.04. The largest absolute Gasteiger partial charge is 0.388 e. The summed E-state index contributed by atoms with van der Waals surface area (Å²) >= 11 is 0.